The van der Waals surface area contributed by atoms with Crippen LogP contribution < -0.4 is 5.73 Å². The van der Waals surface area contributed by atoms with Gasteiger partial charge in [-0.3, -0.25) is 0 Å². The third-order valence-electron chi connectivity index (χ3n) is 1.86. The molecule has 0 spiro atoms. The molecule has 1 aromatic carbocycles. The Hall–Kier alpha value is -1.29. The van der Waals surface area contributed by atoms with E-state index in [-0.39, 0.29) is 5.69 Å². The first-order chi connectivity index (χ1) is 6.66. The maximum atomic E-state index is 13.1. The third kappa shape index (κ3) is 1.65. The molecule has 2 nitrogen and oxygen atoms in total. The van der Waals surface area contributed by atoms with Crippen LogP contribution in [0.2, 0.25) is 0 Å². The summed E-state index contributed by atoms with van der Waals surface area (Å²) in [5.41, 5.74) is 6.16. The smallest absolute Gasteiger partial charge is 0.169 e. The molecule has 0 radical (unpaired) electrons. The van der Waals surface area contributed by atoms with Gasteiger partial charge >= 0.3 is 0 Å². The fraction of sp³-hybridized carbons (Fsp3) is 0. The molecule has 14 heavy (non-hydrogen) atoms. The number of furan rings is 1. The molecule has 0 aliphatic carbocycles. The van der Waals surface area contributed by atoms with Gasteiger partial charge in [0.1, 0.15) is 11.6 Å². The Morgan fingerprint density at radius 3 is 2.57 bits per heavy atom. The first-order valence-corrected chi connectivity index (χ1v) is 4.77. The highest BCUT2D eigenvalue weighted by atomic mass is 79.9. The van der Waals surface area contributed by atoms with Crippen LogP contribution in [0.4, 0.5) is 10.1 Å². The Morgan fingerprint density at radius 2 is 2.00 bits per heavy atom. The van der Waals surface area contributed by atoms with Crippen molar-refractivity contribution in [3.63, 3.8) is 0 Å². The lowest BCUT2D eigenvalue weighted by Gasteiger charge is -1.99. The molecule has 2 aromatic rings. The van der Waals surface area contributed by atoms with Crippen molar-refractivity contribution >= 4 is 21.6 Å². The van der Waals surface area contributed by atoms with Crippen LogP contribution in [0.15, 0.2) is 39.4 Å². The van der Waals surface area contributed by atoms with Crippen molar-refractivity contribution in [2.45, 2.75) is 0 Å². The van der Waals surface area contributed by atoms with Gasteiger partial charge in [0.25, 0.3) is 0 Å². The molecule has 1 heterocycles. The van der Waals surface area contributed by atoms with E-state index in [2.05, 4.69) is 15.9 Å². The lowest BCUT2D eigenvalue weighted by atomic mass is 10.1. The second-order valence-electron chi connectivity index (χ2n) is 2.84. The molecule has 0 saturated carbocycles. The number of benzene rings is 1. The van der Waals surface area contributed by atoms with E-state index < -0.39 is 5.82 Å². The van der Waals surface area contributed by atoms with E-state index in [0.29, 0.717) is 16.0 Å². The van der Waals surface area contributed by atoms with Crippen molar-refractivity contribution in [2.24, 2.45) is 0 Å². The minimum Gasteiger partial charge on any atom is -0.449 e. The summed E-state index contributed by atoms with van der Waals surface area (Å²) < 4.78 is 19.0. The fourth-order valence-corrected chi connectivity index (χ4v) is 1.46. The summed E-state index contributed by atoms with van der Waals surface area (Å²) in [4.78, 5) is 0. The van der Waals surface area contributed by atoms with Gasteiger partial charge in [-0.2, -0.15) is 0 Å². The summed E-state index contributed by atoms with van der Waals surface area (Å²) in [6.45, 7) is 0. The molecule has 1 aromatic heterocycles. The van der Waals surface area contributed by atoms with Gasteiger partial charge in [-0.25, -0.2) is 4.39 Å². The Morgan fingerprint density at radius 1 is 1.21 bits per heavy atom. The monoisotopic (exact) mass is 255 g/mol. The van der Waals surface area contributed by atoms with Gasteiger partial charge in [-0.05, 0) is 46.3 Å². The third-order valence-corrected chi connectivity index (χ3v) is 2.28. The highest BCUT2D eigenvalue weighted by molar-refractivity contribution is 9.10. The Bertz CT molecular complexity index is 467. The SMILES string of the molecule is Nc1ccc(-c2ccc(Br)o2)cc1F. The number of hydrogen-bond acceptors (Lipinski definition) is 2. The number of nitrogen functional groups attached to an aromatic ring is 1. The van der Waals surface area contributed by atoms with Crippen molar-refractivity contribution in [1.29, 1.82) is 0 Å². The largest absolute Gasteiger partial charge is 0.449 e. The van der Waals surface area contributed by atoms with E-state index in [1.165, 1.54) is 12.1 Å². The Labute approximate surface area is 88.7 Å². The highest BCUT2D eigenvalue weighted by Crippen LogP contribution is 2.26. The summed E-state index contributed by atoms with van der Waals surface area (Å²) in [5.74, 6) is 0.172. The molecule has 0 bridgehead atoms. The van der Waals surface area contributed by atoms with Gasteiger partial charge in [0, 0.05) is 5.56 Å². The summed E-state index contributed by atoms with van der Waals surface area (Å²) in [6.07, 6.45) is 0. The van der Waals surface area contributed by atoms with Crippen LogP contribution in [-0.4, -0.2) is 0 Å². The van der Waals surface area contributed by atoms with E-state index in [1.807, 2.05) is 0 Å². The standard InChI is InChI=1S/C10H7BrFNO/c11-10-4-3-9(14-10)6-1-2-8(13)7(12)5-6/h1-5H,13H2. The molecule has 0 amide bonds. The van der Waals surface area contributed by atoms with Crippen LogP contribution in [0.3, 0.4) is 0 Å². The van der Waals surface area contributed by atoms with Crippen molar-refractivity contribution in [3.05, 3.63) is 40.8 Å². The van der Waals surface area contributed by atoms with Gasteiger partial charge < -0.3 is 10.2 Å². The van der Waals surface area contributed by atoms with Gasteiger partial charge in [0.15, 0.2) is 4.67 Å². The van der Waals surface area contributed by atoms with Crippen molar-refractivity contribution in [1.82, 2.24) is 0 Å². The maximum Gasteiger partial charge on any atom is 0.169 e. The minimum absolute atomic E-state index is 0.138. The summed E-state index contributed by atoms with van der Waals surface area (Å²) in [5, 5.41) is 0. The lowest BCUT2D eigenvalue weighted by Crippen LogP contribution is -1.89. The molecule has 2 rings (SSSR count). The molecule has 0 unspecified atom stereocenters. The van der Waals surface area contributed by atoms with Gasteiger partial charge in [0.2, 0.25) is 0 Å². The number of nitrogens with two attached hydrogens (primary N) is 1. The molecule has 72 valence electrons. The van der Waals surface area contributed by atoms with E-state index in [9.17, 15) is 4.39 Å². The molecule has 0 aliphatic rings. The zero-order valence-electron chi connectivity index (χ0n) is 7.13. The normalized spacial score (nSPS) is 10.4. The average Bonchev–Trinajstić information content (AvgIpc) is 2.57. The van der Waals surface area contributed by atoms with Crippen LogP contribution in [0.1, 0.15) is 0 Å². The predicted molar refractivity (Wildman–Crippen MR) is 56.2 cm³/mol. The van der Waals surface area contributed by atoms with Crippen molar-refractivity contribution in [3.8, 4) is 11.3 Å². The first kappa shape index (κ1) is 9.27. The zero-order chi connectivity index (χ0) is 10.1. The second kappa shape index (κ2) is 3.46. The molecule has 0 fully saturated rings. The Kier molecular flexibility index (Phi) is 2.29. The number of anilines is 1. The van der Waals surface area contributed by atoms with Crippen molar-refractivity contribution in [2.75, 3.05) is 5.73 Å². The summed E-state index contributed by atoms with van der Waals surface area (Å²) in [7, 11) is 0. The fourth-order valence-electron chi connectivity index (χ4n) is 1.15. The second-order valence-corrected chi connectivity index (χ2v) is 3.62. The number of hydrogen-bond donors (Lipinski definition) is 1. The topological polar surface area (TPSA) is 39.2 Å². The van der Waals surface area contributed by atoms with Crippen LogP contribution in [0.25, 0.3) is 11.3 Å². The van der Waals surface area contributed by atoms with Crippen LogP contribution >= 0.6 is 15.9 Å². The molecular weight excluding hydrogens is 249 g/mol. The molecule has 0 saturated heterocycles. The van der Waals surface area contributed by atoms with Crippen LogP contribution in [-0.2, 0) is 0 Å². The molecule has 2 N–H and O–H groups in total. The van der Waals surface area contributed by atoms with Gasteiger partial charge in [-0.1, -0.05) is 0 Å². The summed E-state index contributed by atoms with van der Waals surface area (Å²) >= 11 is 3.18. The summed E-state index contributed by atoms with van der Waals surface area (Å²) in [6, 6.07) is 8.09. The highest BCUT2D eigenvalue weighted by Gasteiger charge is 2.05. The quantitative estimate of drug-likeness (QED) is 0.794. The minimum atomic E-state index is -0.435. The average molecular weight is 256 g/mol. The lowest BCUT2D eigenvalue weighted by molar-refractivity contribution is 0.554. The van der Waals surface area contributed by atoms with E-state index in [0.717, 1.165) is 0 Å². The van der Waals surface area contributed by atoms with Gasteiger partial charge in [-0.15, -0.1) is 0 Å². The van der Waals surface area contributed by atoms with E-state index in [4.69, 9.17) is 10.2 Å². The van der Waals surface area contributed by atoms with Crippen molar-refractivity contribution < 1.29 is 8.81 Å². The first-order valence-electron chi connectivity index (χ1n) is 3.97. The van der Waals surface area contributed by atoms with E-state index >= 15 is 0 Å². The molecule has 0 aliphatic heterocycles. The molecule has 4 heteroatoms. The Balaban J connectivity index is 2.47. The molecular formula is C10H7BrFNO. The number of halogens is 2. The molecule has 0 atom stereocenters. The van der Waals surface area contributed by atoms with Gasteiger partial charge in [0.05, 0.1) is 5.69 Å². The number of rotatable bonds is 1. The van der Waals surface area contributed by atoms with Crippen LogP contribution in [0, 0.1) is 5.82 Å². The zero-order valence-corrected chi connectivity index (χ0v) is 8.71. The van der Waals surface area contributed by atoms with E-state index in [1.54, 1.807) is 18.2 Å². The van der Waals surface area contributed by atoms with Crippen LogP contribution in [0.5, 0.6) is 0 Å². The maximum absolute atomic E-state index is 13.1. The predicted octanol–water partition coefficient (Wildman–Crippen LogP) is 3.43.